The molecule has 3 nitrogen and oxygen atoms in total. The molecule has 2 rings (SSSR count). The second-order valence-corrected chi connectivity index (χ2v) is 5.39. The first-order valence-corrected chi connectivity index (χ1v) is 7.58. The maximum atomic E-state index is 9.03. The molecule has 0 aliphatic rings. The van der Waals surface area contributed by atoms with Crippen molar-refractivity contribution in [2.45, 2.75) is 24.1 Å². The van der Waals surface area contributed by atoms with Gasteiger partial charge in [-0.05, 0) is 35.9 Å². The Morgan fingerprint density at radius 2 is 2.20 bits per heavy atom. The number of aromatic nitrogens is 1. The minimum atomic E-state index is 0.517. The molecule has 0 amide bonds. The van der Waals surface area contributed by atoms with Crippen molar-refractivity contribution >= 4 is 11.8 Å². The van der Waals surface area contributed by atoms with Gasteiger partial charge in [-0.1, -0.05) is 25.1 Å². The molecule has 0 saturated heterocycles. The van der Waals surface area contributed by atoms with Gasteiger partial charge >= 0.3 is 0 Å². The van der Waals surface area contributed by atoms with Gasteiger partial charge in [0.2, 0.25) is 0 Å². The van der Waals surface area contributed by atoms with E-state index < -0.39 is 0 Å². The zero-order chi connectivity index (χ0) is 14.2. The summed E-state index contributed by atoms with van der Waals surface area (Å²) in [6.07, 6.45) is 1.66. The van der Waals surface area contributed by atoms with Crippen molar-refractivity contribution in [2.24, 2.45) is 0 Å². The van der Waals surface area contributed by atoms with Gasteiger partial charge < -0.3 is 5.32 Å². The molecule has 1 aromatic heterocycles. The molecule has 2 aromatic rings. The first kappa shape index (κ1) is 14.6. The van der Waals surface area contributed by atoms with E-state index in [4.69, 9.17) is 5.26 Å². The lowest BCUT2D eigenvalue weighted by molar-refractivity contribution is 0.725. The van der Waals surface area contributed by atoms with Gasteiger partial charge in [0, 0.05) is 23.4 Å². The van der Waals surface area contributed by atoms with Crippen LogP contribution in [-0.2, 0) is 12.3 Å². The first-order valence-electron chi connectivity index (χ1n) is 6.60. The number of hydrogen-bond donors (Lipinski definition) is 1. The molecule has 20 heavy (non-hydrogen) atoms. The molecule has 1 aromatic carbocycles. The van der Waals surface area contributed by atoms with Crippen molar-refractivity contribution in [3.05, 3.63) is 59.4 Å². The van der Waals surface area contributed by atoms with Crippen molar-refractivity contribution < 1.29 is 0 Å². The summed E-state index contributed by atoms with van der Waals surface area (Å²) >= 11 is 1.73. The lowest BCUT2D eigenvalue weighted by Gasteiger charge is -2.06. The van der Waals surface area contributed by atoms with E-state index in [2.05, 4.69) is 47.6 Å². The molecular weight excluding hydrogens is 266 g/mol. The standard InChI is InChI=1S/C16H17N3S/c1-2-18-11-13-5-3-7-15(9-13)20-12-14-6-4-8-19-16(14)10-17/h3-9,18H,2,11-12H2,1H3. The van der Waals surface area contributed by atoms with Gasteiger partial charge in [-0.15, -0.1) is 11.8 Å². The van der Waals surface area contributed by atoms with E-state index in [1.165, 1.54) is 10.5 Å². The number of nitriles is 1. The Morgan fingerprint density at radius 3 is 3.00 bits per heavy atom. The molecule has 1 heterocycles. The Kier molecular flexibility index (Phi) is 5.60. The van der Waals surface area contributed by atoms with E-state index >= 15 is 0 Å². The SMILES string of the molecule is CCNCc1cccc(SCc2cccnc2C#N)c1. The largest absolute Gasteiger partial charge is 0.313 e. The first-order chi connectivity index (χ1) is 9.83. The summed E-state index contributed by atoms with van der Waals surface area (Å²) in [5.41, 5.74) is 2.78. The van der Waals surface area contributed by atoms with E-state index in [0.29, 0.717) is 5.69 Å². The third kappa shape index (κ3) is 4.09. The fourth-order valence-electron chi connectivity index (χ4n) is 1.83. The number of hydrogen-bond acceptors (Lipinski definition) is 4. The van der Waals surface area contributed by atoms with Crippen LogP contribution in [0.15, 0.2) is 47.5 Å². The summed E-state index contributed by atoms with van der Waals surface area (Å²) in [5, 5.41) is 12.3. The summed E-state index contributed by atoms with van der Waals surface area (Å²) in [6, 6.07) is 14.5. The molecule has 102 valence electrons. The molecule has 0 radical (unpaired) electrons. The third-order valence-electron chi connectivity index (χ3n) is 2.87. The summed E-state index contributed by atoms with van der Waals surface area (Å²) in [5.74, 6) is 0.765. The predicted molar refractivity (Wildman–Crippen MR) is 82.3 cm³/mol. The van der Waals surface area contributed by atoms with Crippen LogP contribution in [0.25, 0.3) is 0 Å². The van der Waals surface area contributed by atoms with Crippen LogP contribution < -0.4 is 5.32 Å². The summed E-state index contributed by atoms with van der Waals surface area (Å²) in [6.45, 7) is 3.96. The van der Waals surface area contributed by atoms with E-state index in [1.54, 1.807) is 18.0 Å². The highest BCUT2D eigenvalue weighted by molar-refractivity contribution is 7.98. The van der Waals surface area contributed by atoms with Gasteiger partial charge in [0.05, 0.1) is 0 Å². The number of pyridine rings is 1. The number of nitrogens with zero attached hydrogens (tertiary/aromatic N) is 2. The molecular formula is C16H17N3S. The molecule has 0 fully saturated rings. The minimum Gasteiger partial charge on any atom is -0.313 e. The molecule has 1 N–H and O–H groups in total. The summed E-state index contributed by atoms with van der Waals surface area (Å²) in [7, 11) is 0. The zero-order valence-electron chi connectivity index (χ0n) is 11.5. The average Bonchev–Trinajstić information content (AvgIpc) is 2.51. The Morgan fingerprint density at radius 1 is 1.30 bits per heavy atom. The van der Waals surface area contributed by atoms with Gasteiger partial charge in [0.25, 0.3) is 0 Å². The smallest absolute Gasteiger partial charge is 0.144 e. The van der Waals surface area contributed by atoms with E-state index in [-0.39, 0.29) is 0 Å². The molecule has 0 atom stereocenters. The predicted octanol–water partition coefficient (Wildman–Crippen LogP) is 3.36. The molecule has 0 aliphatic heterocycles. The minimum absolute atomic E-state index is 0.517. The normalized spacial score (nSPS) is 10.2. The molecule has 0 bridgehead atoms. The van der Waals surface area contributed by atoms with Crippen molar-refractivity contribution in [3.63, 3.8) is 0 Å². The van der Waals surface area contributed by atoms with E-state index in [0.717, 1.165) is 24.4 Å². The maximum absolute atomic E-state index is 9.03. The van der Waals surface area contributed by atoms with Crippen LogP contribution in [0.5, 0.6) is 0 Å². The fourth-order valence-corrected chi connectivity index (χ4v) is 2.80. The highest BCUT2D eigenvalue weighted by atomic mass is 32.2. The van der Waals surface area contributed by atoms with Crippen LogP contribution in [0.4, 0.5) is 0 Å². The van der Waals surface area contributed by atoms with E-state index in [9.17, 15) is 0 Å². The number of thioether (sulfide) groups is 1. The second kappa shape index (κ2) is 7.68. The van der Waals surface area contributed by atoms with Gasteiger partial charge in [-0.2, -0.15) is 5.26 Å². The van der Waals surface area contributed by atoms with Crippen LogP contribution in [0.1, 0.15) is 23.7 Å². The molecule has 0 spiro atoms. The average molecular weight is 283 g/mol. The Labute approximate surface area is 124 Å². The third-order valence-corrected chi connectivity index (χ3v) is 3.91. The quantitative estimate of drug-likeness (QED) is 0.826. The Balaban J connectivity index is 2.02. The zero-order valence-corrected chi connectivity index (χ0v) is 12.3. The van der Waals surface area contributed by atoms with Gasteiger partial charge in [0.1, 0.15) is 11.8 Å². The van der Waals surface area contributed by atoms with Gasteiger partial charge in [-0.3, -0.25) is 0 Å². The molecule has 4 heteroatoms. The number of rotatable bonds is 6. The van der Waals surface area contributed by atoms with Crippen LogP contribution in [-0.4, -0.2) is 11.5 Å². The van der Waals surface area contributed by atoms with Crippen molar-refractivity contribution in [3.8, 4) is 6.07 Å². The van der Waals surface area contributed by atoms with Crippen LogP contribution >= 0.6 is 11.8 Å². The summed E-state index contributed by atoms with van der Waals surface area (Å²) < 4.78 is 0. The van der Waals surface area contributed by atoms with Crippen LogP contribution in [0, 0.1) is 11.3 Å². The maximum Gasteiger partial charge on any atom is 0.144 e. The monoisotopic (exact) mass is 283 g/mol. The molecule has 0 unspecified atom stereocenters. The summed E-state index contributed by atoms with van der Waals surface area (Å²) in [4.78, 5) is 5.30. The lowest BCUT2D eigenvalue weighted by Crippen LogP contribution is -2.11. The Hall–Kier alpha value is -1.83. The lowest BCUT2D eigenvalue weighted by atomic mass is 10.2. The topological polar surface area (TPSA) is 48.7 Å². The van der Waals surface area contributed by atoms with E-state index in [1.807, 2.05) is 12.1 Å². The Bertz CT molecular complexity index is 605. The molecule has 0 saturated carbocycles. The van der Waals surface area contributed by atoms with Crippen molar-refractivity contribution in [2.75, 3.05) is 6.54 Å². The highest BCUT2D eigenvalue weighted by Gasteiger charge is 2.03. The van der Waals surface area contributed by atoms with Crippen molar-refractivity contribution in [1.29, 1.82) is 5.26 Å². The van der Waals surface area contributed by atoms with Crippen LogP contribution in [0.2, 0.25) is 0 Å². The molecule has 0 aliphatic carbocycles. The number of nitrogens with one attached hydrogen (secondary N) is 1. The highest BCUT2D eigenvalue weighted by Crippen LogP contribution is 2.24. The van der Waals surface area contributed by atoms with Crippen LogP contribution in [0.3, 0.4) is 0 Å². The second-order valence-electron chi connectivity index (χ2n) is 4.34. The van der Waals surface area contributed by atoms with Gasteiger partial charge in [-0.25, -0.2) is 4.98 Å². The fraction of sp³-hybridized carbons (Fsp3) is 0.250. The van der Waals surface area contributed by atoms with Crippen molar-refractivity contribution in [1.82, 2.24) is 10.3 Å². The van der Waals surface area contributed by atoms with Gasteiger partial charge in [0.15, 0.2) is 0 Å². The number of benzene rings is 1.